The highest BCUT2D eigenvalue weighted by molar-refractivity contribution is 5.67. The molecule has 1 saturated heterocycles. The normalized spacial score (nSPS) is 19.1. The van der Waals surface area contributed by atoms with Crippen LogP contribution in [-0.2, 0) is 9.57 Å². The zero-order valence-electron chi connectivity index (χ0n) is 8.81. The van der Waals surface area contributed by atoms with Crippen molar-refractivity contribution in [2.75, 3.05) is 19.7 Å². The highest BCUT2D eigenvalue weighted by Gasteiger charge is 2.17. The minimum absolute atomic E-state index is 0.0328. The molecule has 1 atom stereocenters. The summed E-state index contributed by atoms with van der Waals surface area (Å²) in [6.07, 6.45) is 1.45. The number of amides is 1. The molecule has 1 aliphatic heterocycles. The van der Waals surface area contributed by atoms with Gasteiger partial charge >= 0.3 is 6.09 Å². The van der Waals surface area contributed by atoms with Crippen molar-refractivity contribution in [3.63, 3.8) is 0 Å². The lowest BCUT2D eigenvalue weighted by Gasteiger charge is -2.12. The van der Waals surface area contributed by atoms with Gasteiger partial charge in [-0.1, -0.05) is 0 Å². The summed E-state index contributed by atoms with van der Waals surface area (Å²) in [6, 6.07) is 0. The number of nitrogens with zero attached hydrogens (tertiary/aromatic N) is 1. The minimum Gasteiger partial charge on any atom is -0.430 e. The Morgan fingerprint density at radius 1 is 1.62 bits per heavy atom. The van der Waals surface area contributed by atoms with Crippen LogP contribution in [0.15, 0.2) is 0 Å². The van der Waals surface area contributed by atoms with E-state index in [4.69, 9.17) is 4.74 Å². The molecule has 16 heavy (non-hydrogen) atoms. The Morgan fingerprint density at radius 2 is 2.44 bits per heavy atom. The number of nitrogens with one attached hydrogen (secondary N) is 2. The van der Waals surface area contributed by atoms with Gasteiger partial charge in [-0.05, 0) is 25.8 Å². The maximum Gasteiger partial charge on any atom is 0.408 e. The molecule has 0 spiro atoms. The SMILES string of the molecule is O=C(NCCCO[N+](=O)[O-])OC1CCCN1. The second-order valence-corrected chi connectivity index (χ2v) is 3.33. The molecule has 0 saturated carbocycles. The molecule has 1 amide bonds. The van der Waals surface area contributed by atoms with Gasteiger partial charge in [0.15, 0.2) is 6.23 Å². The fraction of sp³-hybridized carbons (Fsp3) is 0.875. The molecule has 1 rings (SSSR count). The van der Waals surface area contributed by atoms with Crippen LogP contribution in [0, 0.1) is 10.1 Å². The summed E-state index contributed by atoms with van der Waals surface area (Å²) in [7, 11) is 0. The smallest absolute Gasteiger partial charge is 0.408 e. The summed E-state index contributed by atoms with van der Waals surface area (Å²) >= 11 is 0. The summed E-state index contributed by atoms with van der Waals surface area (Å²) in [4.78, 5) is 25.0. The third-order valence-electron chi connectivity index (χ3n) is 2.05. The van der Waals surface area contributed by atoms with Crippen molar-refractivity contribution in [1.29, 1.82) is 0 Å². The minimum atomic E-state index is -0.860. The Morgan fingerprint density at radius 3 is 3.06 bits per heavy atom. The quantitative estimate of drug-likeness (QED) is 0.381. The first-order chi connectivity index (χ1) is 7.68. The van der Waals surface area contributed by atoms with Crippen molar-refractivity contribution in [2.45, 2.75) is 25.5 Å². The van der Waals surface area contributed by atoms with Crippen LogP contribution in [0.1, 0.15) is 19.3 Å². The van der Waals surface area contributed by atoms with E-state index < -0.39 is 11.2 Å². The predicted octanol–water partition coefficient (Wildman–Crippen LogP) is 0.0205. The second-order valence-electron chi connectivity index (χ2n) is 3.33. The van der Waals surface area contributed by atoms with E-state index in [0.29, 0.717) is 13.0 Å². The van der Waals surface area contributed by atoms with E-state index in [1.807, 2.05) is 0 Å². The van der Waals surface area contributed by atoms with Gasteiger partial charge in [-0.2, -0.15) is 0 Å². The molecule has 1 unspecified atom stereocenters. The zero-order valence-corrected chi connectivity index (χ0v) is 8.81. The van der Waals surface area contributed by atoms with Gasteiger partial charge < -0.3 is 14.9 Å². The number of ether oxygens (including phenoxy) is 1. The topological polar surface area (TPSA) is 103 Å². The molecule has 1 fully saturated rings. The maximum absolute atomic E-state index is 11.1. The summed E-state index contributed by atoms with van der Waals surface area (Å²) < 4.78 is 5.00. The molecule has 1 heterocycles. The standard InChI is InChI=1S/C8H15N3O5/c12-8(16-7-3-1-4-9-7)10-5-2-6-15-11(13)14/h7,9H,1-6H2,(H,10,12). The summed E-state index contributed by atoms with van der Waals surface area (Å²) in [6.45, 7) is 1.11. The molecular weight excluding hydrogens is 218 g/mol. The molecule has 0 radical (unpaired) electrons. The molecule has 0 aromatic rings. The van der Waals surface area contributed by atoms with E-state index in [2.05, 4.69) is 15.5 Å². The van der Waals surface area contributed by atoms with Crippen molar-refractivity contribution in [2.24, 2.45) is 0 Å². The molecule has 0 aliphatic carbocycles. The molecule has 8 nitrogen and oxygen atoms in total. The first-order valence-electron chi connectivity index (χ1n) is 5.13. The Balaban J connectivity index is 1.95. The van der Waals surface area contributed by atoms with Crippen LogP contribution in [0.4, 0.5) is 4.79 Å². The van der Waals surface area contributed by atoms with E-state index in [1.54, 1.807) is 0 Å². The average molecular weight is 233 g/mol. The fourth-order valence-corrected chi connectivity index (χ4v) is 1.33. The third kappa shape index (κ3) is 5.35. The Bertz CT molecular complexity index is 242. The molecule has 8 heteroatoms. The Hall–Kier alpha value is -1.57. The number of hydrogen-bond donors (Lipinski definition) is 2. The molecular formula is C8H15N3O5. The van der Waals surface area contributed by atoms with Gasteiger partial charge in [0, 0.05) is 6.54 Å². The molecule has 1 aliphatic rings. The van der Waals surface area contributed by atoms with Crippen molar-refractivity contribution < 1.29 is 19.5 Å². The van der Waals surface area contributed by atoms with Crippen LogP contribution in [0.25, 0.3) is 0 Å². The highest BCUT2D eigenvalue weighted by atomic mass is 16.9. The molecule has 0 aromatic carbocycles. The first kappa shape index (κ1) is 12.5. The van der Waals surface area contributed by atoms with Crippen molar-refractivity contribution in [3.8, 4) is 0 Å². The fourth-order valence-electron chi connectivity index (χ4n) is 1.33. The number of carbonyl (C=O) groups is 1. The number of alkyl carbamates (subject to hydrolysis) is 1. The lowest BCUT2D eigenvalue weighted by Crippen LogP contribution is -2.34. The third-order valence-corrected chi connectivity index (χ3v) is 2.05. The molecule has 0 aromatic heterocycles. The Kier molecular flexibility index (Phi) is 5.34. The maximum atomic E-state index is 11.1. The predicted molar refractivity (Wildman–Crippen MR) is 53.1 cm³/mol. The number of hydrogen-bond acceptors (Lipinski definition) is 6. The van der Waals surface area contributed by atoms with Gasteiger partial charge in [-0.25, -0.2) is 4.79 Å². The van der Waals surface area contributed by atoms with Crippen molar-refractivity contribution in [1.82, 2.24) is 10.6 Å². The van der Waals surface area contributed by atoms with E-state index in [9.17, 15) is 14.9 Å². The summed E-state index contributed by atoms with van der Waals surface area (Å²) in [5.41, 5.74) is 0. The molecule has 92 valence electrons. The van der Waals surface area contributed by atoms with Gasteiger partial charge in [0.2, 0.25) is 0 Å². The van der Waals surface area contributed by atoms with E-state index in [-0.39, 0.29) is 12.8 Å². The zero-order chi connectivity index (χ0) is 11.8. The second kappa shape index (κ2) is 6.83. The highest BCUT2D eigenvalue weighted by Crippen LogP contribution is 2.05. The lowest BCUT2D eigenvalue weighted by atomic mass is 10.4. The summed E-state index contributed by atoms with van der Waals surface area (Å²) in [5.74, 6) is 0. The van der Waals surface area contributed by atoms with Gasteiger partial charge in [0.05, 0.1) is 6.61 Å². The van der Waals surface area contributed by atoms with Gasteiger partial charge in [0.25, 0.3) is 5.09 Å². The van der Waals surface area contributed by atoms with E-state index in [0.717, 1.165) is 19.4 Å². The average Bonchev–Trinajstić information content (AvgIpc) is 2.69. The van der Waals surface area contributed by atoms with Gasteiger partial charge in [-0.15, -0.1) is 10.1 Å². The van der Waals surface area contributed by atoms with Crippen LogP contribution in [0.3, 0.4) is 0 Å². The van der Waals surface area contributed by atoms with Gasteiger partial charge in [0.1, 0.15) is 0 Å². The van der Waals surface area contributed by atoms with Crippen molar-refractivity contribution in [3.05, 3.63) is 10.1 Å². The van der Waals surface area contributed by atoms with Crippen LogP contribution >= 0.6 is 0 Å². The number of carbonyl (C=O) groups excluding carboxylic acids is 1. The van der Waals surface area contributed by atoms with Crippen LogP contribution < -0.4 is 10.6 Å². The summed E-state index contributed by atoms with van der Waals surface area (Å²) in [5, 5.41) is 14.4. The molecule has 2 N–H and O–H groups in total. The molecule has 0 bridgehead atoms. The van der Waals surface area contributed by atoms with Crippen LogP contribution in [0.5, 0.6) is 0 Å². The first-order valence-corrected chi connectivity index (χ1v) is 5.13. The number of rotatable bonds is 6. The van der Waals surface area contributed by atoms with Crippen LogP contribution in [0.2, 0.25) is 0 Å². The van der Waals surface area contributed by atoms with Crippen molar-refractivity contribution >= 4 is 6.09 Å². The largest absolute Gasteiger partial charge is 0.430 e. The monoisotopic (exact) mass is 233 g/mol. The Labute approximate surface area is 92.4 Å². The van der Waals surface area contributed by atoms with E-state index >= 15 is 0 Å². The lowest BCUT2D eigenvalue weighted by molar-refractivity contribution is -0.757. The van der Waals surface area contributed by atoms with Gasteiger partial charge in [-0.3, -0.25) is 5.32 Å². The van der Waals surface area contributed by atoms with E-state index in [1.165, 1.54) is 0 Å². The van der Waals surface area contributed by atoms with Crippen LogP contribution in [-0.4, -0.2) is 37.1 Å².